The Morgan fingerprint density at radius 3 is 0.829 bits per heavy atom. The first kappa shape index (κ1) is 23.8. The third-order valence-corrected chi connectivity index (χ3v) is 7.33. The van der Waals surface area contributed by atoms with Crippen LogP contribution < -0.4 is 9.97 Å². The summed E-state index contributed by atoms with van der Waals surface area (Å²) in [5, 5.41) is 3.57. The van der Waals surface area contributed by atoms with Gasteiger partial charge in [-0.05, 0) is 21.5 Å². The van der Waals surface area contributed by atoms with E-state index in [0.717, 1.165) is 43.8 Å². The average Bonchev–Trinajstić information content (AvgIpc) is 3.73. The molecular formula is C32H16N8Ti. The van der Waals surface area contributed by atoms with Crippen LogP contribution >= 0.6 is 0 Å². The zero-order valence-corrected chi connectivity index (χ0v) is 22.9. The molecule has 0 spiro atoms. The van der Waals surface area contributed by atoms with E-state index in [1.807, 2.05) is 97.1 Å². The molecule has 0 N–H and O–H groups in total. The minimum atomic E-state index is 0. The third kappa shape index (κ3) is 3.58. The molecule has 3 aromatic heterocycles. The largest absolute Gasteiger partial charge is 2.00 e. The SMILES string of the molecule is [Ti+2].c1ccc2c(c1)-c1nc-2nc2[n-]c(nc3nc(nc4[n-]c(n1)c1ccccc41)-c1ccccc1-3)c1ccccc21. The van der Waals surface area contributed by atoms with Crippen LogP contribution in [0.25, 0.3) is 89.7 Å². The van der Waals surface area contributed by atoms with Crippen molar-refractivity contribution < 1.29 is 21.7 Å². The van der Waals surface area contributed by atoms with Crippen LogP contribution in [0, 0.1) is 0 Å². The van der Waals surface area contributed by atoms with E-state index >= 15 is 0 Å². The van der Waals surface area contributed by atoms with Gasteiger partial charge in [0, 0.05) is 44.8 Å². The second-order valence-electron chi connectivity index (χ2n) is 9.67. The molecule has 0 atom stereocenters. The zero-order valence-electron chi connectivity index (χ0n) is 21.3. The van der Waals surface area contributed by atoms with Crippen LogP contribution in [0.1, 0.15) is 0 Å². The van der Waals surface area contributed by atoms with Crippen LogP contribution in [-0.4, -0.2) is 29.9 Å². The summed E-state index contributed by atoms with van der Waals surface area (Å²) in [4.78, 5) is 39.3. The normalized spacial score (nSPS) is 11.7. The summed E-state index contributed by atoms with van der Waals surface area (Å²) in [6, 6.07) is 31.8. The van der Waals surface area contributed by atoms with E-state index in [1.54, 1.807) is 0 Å². The predicted molar refractivity (Wildman–Crippen MR) is 154 cm³/mol. The maximum Gasteiger partial charge on any atom is 2.00 e. The molecule has 2 aliphatic rings. The molecule has 41 heavy (non-hydrogen) atoms. The summed E-state index contributed by atoms with van der Waals surface area (Å²) in [5.41, 5.74) is 5.78. The fourth-order valence-corrected chi connectivity index (χ4v) is 5.46. The quantitative estimate of drug-likeness (QED) is 0.204. The topological polar surface area (TPSA) is 106 Å². The van der Waals surface area contributed by atoms with Gasteiger partial charge in [-0.1, -0.05) is 97.1 Å². The average molecular weight is 560 g/mol. The van der Waals surface area contributed by atoms with E-state index in [-0.39, 0.29) is 21.7 Å². The molecule has 0 aliphatic carbocycles. The predicted octanol–water partition coefficient (Wildman–Crippen LogP) is 6.12. The van der Waals surface area contributed by atoms with Crippen LogP contribution in [0.2, 0.25) is 0 Å². The Labute approximate surface area is 247 Å². The van der Waals surface area contributed by atoms with Crippen molar-refractivity contribution in [2.45, 2.75) is 0 Å². The van der Waals surface area contributed by atoms with Crippen molar-refractivity contribution in [2.75, 3.05) is 0 Å². The molecule has 8 bridgehead atoms. The zero-order chi connectivity index (χ0) is 26.2. The van der Waals surface area contributed by atoms with Gasteiger partial charge in [0.2, 0.25) is 0 Å². The molecule has 4 aromatic carbocycles. The van der Waals surface area contributed by atoms with Crippen LogP contribution in [-0.2, 0) is 21.7 Å². The van der Waals surface area contributed by atoms with Crippen LogP contribution in [0.4, 0.5) is 0 Å². The first-order valence-corrected chi connectivity index (χ1v) is 12.9. The number of benzene rings is 4. The van der Waals surface area contributed by atoms with Crippen molar-refractivity contribution in [3.05, 3.63) is 97.1 Å². The monoisotopic (exact) mass is 560 g/mol. The molecule has 5 heterocycles. The van der Waals surface area contributed by atoms with Gasteiger partial charge in [0.25, 0.3) is 0 Å². The summed E-state index contributed by atoms with van der Waals surface area (Å²) < 4.78 is 0. The Bertz CT molecular complexity index is 2030. The molecule has 0 radical (unpaired) electrons. The Morgan fingerprint density at radius 1 is 0.317 bits per heavy atom. The summed E-state index contributed by atoms with van der Waals surface area (Å²) in [5.74, 6) is 2.21. The molecule has 8 nitrogen and oxygen atoms in total. The van der Waals surface area contributed by atoms with Gasteiger partial charge in [-0.15, -0.1) is 0 Å². The first-order valence-electron chi connectivity index (χ1n) is 12.9. The Morgan fingerprint density at radius 2 is 0.561 bits per heavy atom. The molecule has 0 saturated carbocycles. The van der Waals surface area contributed by atoms with Gasteiger partial charge >= 0.3 is 21.7 Å². The molecule has 2 aliphatic heterocycles. The van der Waals surface area contributed by atoms with Crippen molar-refractivity contribution >= 4 is 44.1 Å². The molecule has 0 amide bonds. The van der Waals surface area contributed by atoms with E-state index in [0.29, 0.717) is 45.9 Å². The maximum absolute atomic E-state index is 4.95. The Balaban J connectivity index is 0.00000256. The minimum absolute atomic E-state index is 0. The van der Waals surface area contributed by atoms with Crippen molar-refractivity contribution in [1.82, 2.24) is 39.9 Å². The van der Waals surface area contributed by atoms with Gasteiger partial charge in [0.15, 0.2) is 0 Å². The molecule has 9 rings (SSSR count). The van der Waals surface area contributed by atoms with Crippen molar-refractivity contribution in [1.29, 1.82) is 0 Å². The summed E-state index contributed by atoms with van der Waals surface area (Å²) >= 11 is 0. The second-order valence-corrected chi connectivity index (χ2v) is 9.67. The van der Waals surface area contributed by atoms with Crippen LogP contribution in [0.15, 0.2) is 97.1 Å². The summed E-state index contributed by atoms with van der Waals surface area (Å²) in [7, 11) is 0. The molecule has 7 aromatic rings. The fourth-order valence-electron chi connectivity index (χ4n) is 5.46. The molecular weight excluding hydrogens is 544 g/mol. The molecule has 0 saturated heterocycles. The van der Waals surface area contributed by atoms with E-state index in [2.05, 4.69) is 0 Å². The van der Waals surface area contributed by atoms with Crippen molar-refractivity contribution in [3.63, 3.8) is 0 Å². The number of hydrogen-bond acceptors (Lipinski definition) is 6. The number of fused-ring (bicyclic) bond motifs is 20. The standard InChI is InChI=1S/C32H16N8.Ti/c1-2-10-18-17(9-1)25-33-26(18)38-28-21-13-5-6-14-22(21)30(35-28)40-32-24-16-8-7-15-23(24)31(36-32)39-29-20-12-4-3-11-19(20)27(34-29)37-25;/h1-16H;/q-2;+2. The van der Waals surface area contributed by atoms with Gasteiger partial charge in [-0.25, -0.2) is 9.97 Å². The smallest absolute Gasteiger partial charge is 0.357 e. The molecule has 0 unspecified atom stereocenters. The number of aromatic nitrogens is 8. The van der Waals surface area contributed by atoms with Crippen LogP contribution in [0.3, 0.4) is 0 Å². The first-order chi connectivity index (χ1) is 19.8. The van der Waals surface area contributed by atoms with Gasteiger partial charge in [-0.2, -0.15) is 0 Å². The molecule has 9 heteroatoms. The van der Waals surface area contributed by atoms with E-state index in [9.17, 15) is 0 Å². The number of nitrogens with zero attached hydrogens (tertiary/aromatic N) is 8. The number of rotatable bonds is 0. The van der Waals surface area contributed by atoms with Gasteiger partial charge in [0.1, 0.15) is 0 Å². The summed E-state index contributed by atoms with van der Waals surface area (Å²) in [6.07, 6.45) is 0. The van der Waals surface area contributed by atoms with E-state index < -0.39 is 0 Å². The minimum Gasteiger partial charge on any atom is -0.357 e. The van der Waals surface area contributed by atoms with E-state index in [1.165, 1.54) is 0 Å². The Kier molecular flexibility index (Phi) is 5.22. The third-order valence-electron chi connectivity index (χ3n) is 7.33. The van der Waals surface area contributed by atoms with Gasteiger partial charge in [-0.3, -0.25) is 0 Å². The fraction of sp³-hybridized carbons (Fsp3) is 0. The van der Waals surface area contributed by atoms with Crippen molar-refractivity contribution in [3.8, 4) is 45.6 Å². The Hall–Kier alpha value is -5.05. The van der Waals surface area contributed by atoms with Gasteiger partial charge in [0.05, 0.1) is 23.3 Å². The van der Waals surface area contributed by atoms with Crippen LogP contribution in [0.5, 0.6) is 0 Å². The maximum atomic E-state index is 4.95. The molecule has 0 fully saturated rings. The second kappa shape index (κ2) is 8.99. The van der Waals surface area contributed by atoms with Gasteiger partial charge < -0.3 is 29.9 Å². The molecule has 188 valence electrons. The summed E-state index contributed by atoms with van der Waals surface area (Å²) in [6.45, 7) is 0. The van der Waals surface area contributed by atoms with Crippen molar-refractivity contribution in [2.24, 2.45) is 0 Å². The van der Waals surface area contributed by atoms with E-state index in [4.69, 9.17) is 39.9 Å². The number of hydrogen-bond donors (Lipinski definition) is 0.